The lowest BCUT2D eigenvalue weighted by atomic mass is 10.2. The second-order valence-corrected chi connectivity index (χ2v) is 5.67. The zero-order valence-corrected chi connectivity index (χ0v) is 13.4. The van der Waals surface area contributed by atoms with Crippen LogP contribution in [0.4, 0.5) is 10.5 Å². The van der Waals surface area contributed by atoms with Crippen LogP contribution in [-0.4, -0.2) is 31.4 Å². The van der Waals surface area contributed by atoms with Crippen LogP contribution in [0.5, 0.6) is 5.75 Å². The quantitative estimate of drug-likeness (QED) is 0.757. The number of hydrogen-bond donors (Lipinski definition) is 2. The van der Waals surface area contributed by atoms with E-state index in [-0.39, 0.29) is 6.09 Å². The SMILES string of the molecule is CCOc1ccc(NCCCNC(=O)OC(C)(C)C)cc1. The van der Waals surface area contributed by atoms with Gasteiger partial charge in [0.05, 0.1) is 6.61 Å². The number of alkyl carbamates (subject to hydrolysis) is 1. The number of carbonyl (C=O) groups is 1. The Balaban J connectivity index is 2.15. The van der Waals surface area contributed by atoms with E-state index in [1.54, 1.807) is 0 Å². The van der Waals surface area contributed by atoms with E-state index in [2.05, 4.69) is 10.6 Å². The van der Waals surface area contributed by atoms with Gasteiger partial charge in [0, 0.05) is 18.8 Å². The first-order chi connectivity index (χ1) is 9.90. The molecule has 0 saturated carbocycles. The van der Waals surface area contributed by atoms with Crippen molar-refractivity contribution < 1.29 is 14.3 Å². The van der Waals surface area contributed by atoms with Crippen molar-refractivity contribution in [1.82, 2.24) is 5.32 Å². The van der Waals surface area contributed by atoms with Crippen molar-refractivity contribution in [3.63, 3.8) is 0 Å². The number of ether oxygens (including phenoxy) is 2. The van der Waals surface area contributed by atoms with Crippen molar-refractivity contribution in [3.8, 4) is 5.75 Å². The molecule has 21 heavy (non-hydrogen) atoms. The zero-order chi connectivity index (χ0) is 15.7. The number of nitrogens with one attached hydrogen (secondary N) is 2. The molecule has 0 fully saturated rings. The number of anilines is 1. The molecule has 0 saturated heterocycles. The summed E-state index contributed by atoms with van der Waals surface area (Å²) in [5.41, 5.74) is 0.584. The second kappa shape index (κ2) is 8.39. The molecule has 0 aliphatic heterocycles. The molecule has 1 aromatic rings. The van der Waals surface area contributed by atoms with Crippen LogP contribution in [0.3, 0.4) is 0 Å². The highest BCUT2D eigenvalue weighted by atomic mass is 16.6. The van der Waals surface area contributed by atoms with Gasteiger partial charge in [-0.2, -0.15) is 0 Å². The summed E-state index contributed by atoms with van der Waals surface area (Å²) in [6.45, 7) is 9.54. The summed E-state index contributed by atoms with van der Waals surface area (Å²) in [6.07, 6.45) is 0.454. The molecule has 0 aliphatic rings. The van der Waals surface area contributed by atoms with E-state index in [1.165, 1.54) is 0 Å². The van der Waals surface area contributed by atoms with Crippen LogP contribution in [0.2, 0.25) is 0 Å². The molecule has 0 atom stereocenters. The van der Waals surface area contributed by atoms with Gasteiger partial charge in [-0.05, 0) is 58.4 Å². The third-order valence-corrected chi connectivity index (χ3v) is 2.52. The van der Waals surface area contributed by atoms with Gasteiger partial charge in [-0.15, -0.1) is 0 Å². The first-order valence-electron chi connectivity index (χ1n) is 7.34. The molecule has 0 bridgehead atoms. The Morgan fingerprint density at radius 2 is 1.81 bits per heavy atom. The number of amides is 1. The number of hydrogen-bond acceptors (Lipinski definition) is 4. The molecule has 5 nitrogen and oxygen atoms in total. The van der Waals surface area contributed by atoms with Gasteiger partial charge in [0.25, 0.3) is 0 Å². The molecule has 0 spiro atoms. The smallest absolute Gasteiger partial charge is 0.407 e. The Hall–Kier alpha value is -1.91. The van der Waals surface area contributed by atoms with Crippen molar-refractivity contribution in [2.45, 2.75) is 39.7 Å². The summed E-state index contributed by atoms with van der Waals surface area (Å²) in [5, 5.41) is 6.02. The normalized spacial score (nSPS) is 10.9. The van der Waals surface area contributed by atoms with Crippen LogP contribution in [0.15, 0.2) is 24.3 Å². The minimum Gasteiger partial charge on any atom is -0.494 e. The first kappa shape index (κ1) is 17.1. The highest BCUT2D eigenvalue weighted by molar-refractivity contribution is 5.67. The minimum atomic E-state index is -0.454. The predicted molar refractivity (Wildman–Crippen MR) is 85.0 cm³/mol. The van der Waals surface area contributed by atoms with E-state index in [0.717, 1.165) is 24.4 Å². The van der Waals surface area contributed by atoms with Crippen LogP contribution < -0.4 is 15.4 Å². The summed E-state index contributed by atoms with van der Waals surface area (Å²) in [7, 11) is 0. The molecule has 1 rings (SSSR count). The monoisotopic (exact) mass is 294 g/mol. The maximum Gasteiger partial charge on any atom is 0.407 e. The average molecular weight is 294 g/mol. The third kappa shape index (κ3) is 8.07. The highest BCUT2D eigenvalue weighted by Gasteiger charge is 2.15. The van der Waals surface area contributed by atoms with Gasteiger partial charge in [-0.3, -0.25) is 0 Å². The zero-order valence-electron chi connectivity index (χ0n) is 13.4. The molecule has 0 aliphatic carbocycles. The lowest BCUT2D eigenvalue weighted by molar-refractivity contribution is 0.0528. The number of benzene rings is 1. The number of carbonyl (C=O) groups excluding carboxylic acids is 1. The average Bonchev–Trinajstić information content (AvgIpc) is 2.38. The van der Waals surface area contributed by atoms with E-state index in [0.29, 0.717) is 13.2 Å². The van der Waals surface area contributed by atoms with Crippen molar-refractivity contribution in [1.29, 1.82) is 0 Å². The van der Waals surface area contributed by atoms with Gasteiger partial charge >= 0.3 is 6.09 Å². The van der Waals surface area contributed by atoms with E-state index in [1.807, 2.05) is 52.0 Å². The Bertz CT molecular complexity index is 424. The molecule has 118 valence electrons. The molecule has 0 unspecified atom stereocenters. The van der Waals surface area contributed by atoms with E-state index in [4.69, 9.17) is 9.47 Å². The predicted octanol–water partition coefficient (Wildman–Crippen LogP) is 3.41. The van der Waals surface area contributed by atoms with E-state index < -0.39 is 5.60 Å². The molecule has 1 amide bonds. The largest absolute Gasteiger partial charge is 0.494 e. The first-order valence-corrected chi connectivity index (χ1v) is 7.34. The van der Waals surface area contributed by atoms with Crippen LogP contribution in [0, 0.1) is 0 Å². The van der Waals surface area contributed by atoms with E-state index in [9.17, 15) is 4.79 Å². The summed E-state index contributed by atoms with van der Waals surface area (Å²) < 4.78 is 10.5. The van der Waals surface area contributed by atoms with Crippen LogP contribution in [0.25, 0.3) is 0 Å². The molecule has 1 aromatic carbocycles. The molecule has 0 radical (unpaired) electrons. The Labute approximate surface area is 127 Å². The third-order valence-electron chi connectivity index (χ3n) is 2.52. The lowest BCUT2D eigenvalue weighted by Crippen LogP contribution is -2.33. The van der Waals surface area contributed by atoms with Gasteiger partial charge in [0.1, 0.15) is 11.4 Å². The van der Waals surface area contributed by atoms with Crippen LogP contribution in [0.1, 0.15) is 34.1 Å². The molecular formula is C16H26N2O3. The van der Waals surface area contributed by atoms with Crippen LogP contribution >= 0.6 is 0 Å². The van der Waals surface area contributed by atoms with Gasteiger partial charge in [0.2, 0.25) is 0 Å². The fourth-order valence-electron chi connectivity index (χ4n) is 1.66. The van der Waals surface area contributed by atoms with Crippen molar-refractivity contribution in [2.24, 2.45) is 0 Å². The summed E-state index contributed by atoms with van der Waals surface area (Å²) in [4.78, 5) is 11.4. The van der Waals surface area contributed by atoms with Gasteiger partial charge in [-0.1, -0.05) is 0 Å². The lowest BCUT2D eigenvalue weighted by Gasteiger charge is -2.19. The van der Waals surface area contributed by atoms with Gasteiger partial charge in [-0.25, -0.2) is 4.79 Å². The van der Waals surface area contributed by atoms with Crippen molar-refractivity contribution in [3.05, 3.63) is 24.3 Å². The topological polar surface area (TPSA) is 59.6 Å². The second-order valence-electron chi connectivity index (χ2n) is 5.67. The molecule has 0 aromatic heterocycles. The fraction of sp³-hybridized carbons (Fsp3) is 0.562. The summed E-state index contributed by atoms with van der Waals surface area (Å²) in [6, 6.07) is 7.83. The van der Waals surface area contributed by atoms with Gasteiger partial charge in [0.15, 0.2) is 0 Å². The fourth-order valence-corrected chi connectivity index (χ4v) is 1.66. The summed E-state index contributed by atoms with van der Waals surface area (Å²) >= 11 is 0. The summed E-state index contributed by atoms with van der Waals surface area (Å²) in [5.74, 6) is 0.870. The standard InChI is InChI=1S/C16H26N2O3/c1-5-20-14-9-7-13(8-10-14)17-11-6-12-18-15(19)21-16(2,3)4/h7-10,17H,5-6,11-12H2,1-4H3,(H,18,19). The van der Waals surface area contributed by atoms with Gasteiger partial charge < -0.3 is 20.1 Å². The van der Waals surface area contributed by atoms with Crippen LogP contribution in [-0.2, 0) is 4.74 Å². The minimum absolute atomic E-state index is 0.372. The Morgan fingerprint density at radius 1 is 1.14 bits per heavy atom. The van der Waals surface area contributed by atoms with Crippen molar-refractivity contribution in [2.75, 3.05) is 25.0 Å². The number of rotatable bonds is 7. The Morgan fingerprint density at radius 3 is 2.38 bits per heavy atom. The molecule has 5 heteroatoms. The van der Waals surface area contributed by atoms with Crippen molar-refractivity contribution >= 4 is 11.8 Å². The molecule has 0 heterocycles. The molecule has 2 N–H and O–H groups in total. The maximum absolute atomic E-state index is 11.4. The maximum atomic E-state index is 11.4. The van der Waals surface area contributed by atoms with E-state index >= 15 is 0 Å². The Kier molecular flexibility index (Phi) is 6.85. The highest BCUT2D eigenvalue weighted by Crippen LogP contribution is 2.15. The molecular weight excluding hydrogens is 268 g/mol.